The van der Waals surface area contributed by atoms with Crippen LogP contribution in [0.2, 0.25) is 5.15 Å². The van der Waals surface area contributed by atoms with E-state index >= 15 is 0 Å². The zero-order valence-electron chi connectivity index (χ0n) is 16.2. The van der Waals surface area contributed by atoms with Gasteiger partial charge in [-0.05, 0) is 32.4 Å². The largest absolute Gasteiger partial charge is 0.417 e. The van der Waals surface area contributed by atoms with E-state index in [1.54, 1.807) is 0 Å². The Labute approximate surface area is 189 Å². The van der Waals surface area contributed by atoms with E-state index in [0.29, 0.717) is 28.3 Å². The lowest BCUT2D eigenvalue weighted by Crippen LogP contribution is -2.25. The van der Waals surface area contributed by atoms with E-state index in [2.05, 4.69) is 32.1 Å². The summed E-state index contributed by atoms with van der Waals surface area (Å²) in [4.78, 5) is 28.2. The van der Waals surface area contributed by atoms with Crippen molar-refractivity contribution in [1.29, 1.82) is 0 Å². The first-order valence-corrected chi connectivity index (χ1v) is 11.5. The van der Waals surface area contributed by atoms with Crippen molar-refractivity contribution in [3.05, 3.63) is 45.1 Å². The van der Waals surface area contributed by atoms with Crippen molar-refractivity contribution in [1.82, 2.24) is 19.9 Å². The highest BCUT2D eigenvalue weighted by Crippen LogP contribution is 2.40. The lowest BCUT2D eigenvalue weighted by molar-refractivity contribution is -0.137. The number of anilines is 1. The van der Waals surface area contributed by atoms with Gasteiger partial charge in [0.05, 0.1) is 28.5 Å². The van der Waals surface area contributed by atoms with Crippen molar-refractivity contribution in [2.24, 2.45) is 0 Å². The summed E-state index contributed by atoms with van der Waals surface area (Å²) in [6.45, 7) is 3.60. The molecule has 1 atom stereocenters. The monoisotopic (exact) mass is 487 g/mol. The van der Waals surface area contributed by atoms with Crippen LogP contribution in [-0.4, -0.2) is 38.3 Å². The van der Waals surface area contributed by atoms with Gasteiger partial charge in [0.25, 0.3) is 5.91 Å². The summed E-state index contributed by atoms with van der Waals surface area (Å²) in [5, 5.41) is 4.20. The maximum absolute atomic E-state index is 13.1. The summed E-state index contributed by atoms with van der Waals surface area (Å²) in [5.41, 5.74) is -0.184. The topological polar surface area (TPSA) is 71.0 Å². The molecule has 4 heterocycles. The predicted octanol–water partition coefficient (Wildman–Crippen LogP) is 5.57. The second kappa shape index (κ2) is 8.81. The molecule has 1 N–H and O–H groups in total. The first kappa shape index (κ1) is 22.1. The quantitative estimate of drug-likeness (QED) is 0.509. The van der Waals surface area contributed by atoms with Crippen molar-refractivity contribution in [3.8, 4) is 10.6 Å². The summed E-state index contributed by atoms with van der Waals surface area (Å²) in [6, 6.07) is 1.48. The van der Waals surface area contributed by atoms with Crippen molar-refractivity contribution in [2.45, 2.75) is 38.5 Å². The molecule has 0 spiro atoms. The molecule has 3 aromatic heterocycles. The van der Waals surface area contributed by atoms with E-state index in [-0.39, 0.29) is 10.8 Å². The Morgan fingerprint density at radius 2 is 2.16 bits per heavy atom. The second-order valence-corrected chi connectivity index (χ2v) is 9.51. The fourth-order valence-corrected chi connectivity index (χ4v) is 5.41. The normalized spacial score (nSPS) is 17.3. The number of nitrogens with one attached hydrogen (secondary N) is 1. The Balaban J connectivity index is 1.63. The van der Waals surface area contributed by atoms with Gasteiger partial charge in [-0.2, -0.15) is 13.2 Å². The van der Waals surface area contributed by atoms with Gasteiger partial charge in [-0.3, -0.25) is 15.0 Å². The van der Waals surface area contributed by atoms with Crippen LogP contribution in [0.5, 0.6) is 0 Å². The average Bonchev–Trinajstić information content (AvgIpc) is 3.43. The van der Waals surface area contributed by atoms with E-state index in [4.69, 9.17) is 11.6 Å². The van der Waals surface area contributed by atoms with Crippen LogP contribution in [0.25, 0.3) is 10.6 Å². The summed E-state index contributed by atoms with van der Waals surface area (Å²) < 4.78 is 39.3. The molecule has 0 saturated carbocycles. The minimum Gasteiger partial charge on any atom is -0.296 e. The summed E-state index contributed by atoms with van der Waals surface area (Å²) in [7, 11) is 0. The number of carbonyl (C=O) groups excluding carboxylic acids is 1. The fourth-order valence-electron chi connectivity index (χ4n) is 3.32. The third-order valence-corrected chi connectivity index (χ3v) is 7.06. The highest BCUT2D eigenvalue weighted by molar-refractivity contribution is 7.17. The molecule has 1 saturated heterocycles. The molecule has 0 radical (unpaired) electrons. The molecule has 0 aromatic carbocycles. The van der Waals surface area contributed by atoms with E-state index < -0.39 is 17.6 Å². The number of alkyl halides is 3. The predicted molar refractivity (Wildman–Crippen MR) is 115 cm³/mol. The Morgan fingerprint density at radius 1 is 1.35 bits per heavy atom. The van der Waals surface area contributed by atoms with Crippen LogP contribution in [0.4, 0.5) is 18.3 Å². The van der Waals surface area contributed by atoms with Crippen molar-refractivity contribution in [3.63, 3.8) is 0 Å². The van der Waals surface area contributed by atoms with E-state index in [0.717, 1.165) is 47.0 Å². The molecular weight excluding hydrogens is 471 g/mol. The maximum Gasteiger partial charge on any atom is 0.417 e. The molecule has 0 aliphatic carbocycles. The SMILES string of the molecule is CC1CCCN1Cc1sc(NC(=O)c2cnc(Cl)cn2)nc1-c1cc(C(F)(F)F)cs1. The maximum atomic E-state index is 13.1. The number of hydrogen-bond acceptors (Lipinski definition) is 7. The molecule has 6 nitrogen and oxygen atoms in total. The standard InChI is InChI=1S/C19H17ClF3N5OS2/c1-10-3-2-4-28(10)8-14-16(13-5-11(9-30-13)19(21,22)23)26-18(31-14)27-17(29)12-6-25-15(20)7-24-12/h5-7,9-10H,2-4,8H2,1H3,(H,26,27,29). The Kier molecular flexibility index (Phi) is 6.29. The molecule has 12 heteroatoms. The Bertz CT molecular complexity index is 1080. The highest BCUT2D eigenvalue weighted by atomic mass is 35.5. The smallest absolute Gasteiger partial charge is 0.296 e. The number of amides is 1. The number of aromatic nitrogens is 3. The zero-order valence-corrected chi connectivity index (χ0v) is 18.6. The Morgan fingerprint density at radius 3 is 2.77 bits per heavy atom. The van der Waals surface area contributed by atoms with Gasteiger partial charge in [-0.25, -0.2) is 15.0 Å². The number of nitrogens with zero attached hydrogens (tertiary/aromatic N) is 4. The average molecular weight is 488 g/mol. The molecule has 1 unspecified atom stereocenters. The molecule has 1 fully saturated rings. The number of thiazole rings is 1. The number of thiophene rings is 1. The third kappa shape index (κ3) is 5.05. The summed E-state index contributed by atoms with van der Waals surface area (Å²) in [6.07, 6.45) is 0.233. The molecule has 0 bridgehead atoms. The number of halogens is 4. The molecular formula is C19H17ClF3N5OS2. The lowest BCUT2D eigenvalue weighted by Gasteiger charge is -2.20. The third-order valence-electron chi connectivity index (χ3n) is 4.97. The fraction of sp³-hybridized carbons (Fsp3) is 0.368. The van der Waals surface area contributed by atoms with Gasteiger partial charge < -0.3 is 0 Å². The van der Waals surface area contributed by atoms with Gasteiger partial charge in [-0.1, -0.05) is 22.9 Å². The van der Waals surface area contributed by atoms with Gasteiger partial charge in [0.15, 0.2) is 5.13 Å². The van der Waals surface area contributed by atoms with Crippen LogP contribution < -0.4 is 5.32 Å². The number of carbonyl (C=O) groups is 1. The van der Waals surface area contributed by atoms with Crippen LogP contribution in [0.1, 0.15) is 40.7 Å². The van der Waals surface area contributed by atoms with Crippen LogP contribution >= 0.6 is 34.3 Å². The lowest BCUT2D eigenvalue weighted by atomic mass is 10.2. The molecule has 164 valence electrons. The van der Waals surface area contributed by atoms with Crippen molar-refractivity contribution >= 4 is 45.3 Å². The van der Waals surface area contributed by atoms with Crippen LogP contribution in [-0.2, 0) is 12.7 Å². The van der Waals surface area contributed by atoms with Crippen molar-refractivity contribution in [2.75, 3.05) is 11.9 Å². The highest BCUT2D eigenvalue weighted by Gasteiger charge is 2.33. The minimum atomic E-state index is -4.42. The molecule has 3 aromatic rings. The molecule has 1 aliphatic heterocycles. The van der Waals surface area contributed by atoms with Crippen LogP contribution in [0.3, 0.4) is 0 Å². The number of hydrogen-bond donors (Lipinski definition) is 1. The number of rotatable bonds is 5. The molecule has 4 rings (SSSR count). The first-order valence-electron chi connectivity index (χ1n) is 9.39. The van der Waals surface area contributed by atoms with Gasteiger partial charge in [0.1, 0.15) is 10.8 Å². The number of likely N-dealkylation sites (tertiary alicyclic amines) is 1. The van der Waals surface area contributed by atoms with Gasteiger partial charge in [0, 0.05) is 22.8 Å². The van der Waals surface area contributed by atoms with Crippen LogP contribution in [0.15, 0.2) is 23.8 Å². The Hall–Kier alpha value is -2.08. The molecule has 1 aliphatic rings. The second-order valence-electron chi connectivity index (χ2n) is 7.13. The summed E-state index contributed by atoms with van der Waals surface area (Å²) in [5.74, 6) is -0.521. The van der Waals surface area contributed by atoms with E-state index in [1.165, 1.54) is 23.7 Å². The van der Waals surface area contributed by atoms with Gasteiger partial charge >= 0.3 is 6.18 Å². The van der Waals surface area contributed by atoms with E-state index in [9.17, 15) is 18.0 Å². The molecule has 31 heavy (non-hydrogen) atoms. The van der Waals surface area contributed by atoms with Crippen LogP contribution in [0, 0.1) is 0 Å². The zero-order chi connectivity index (χ0) is 22.2. The minimum absolute atomic E-state index is 0.0614. The van der Waals surface area contributed by atoms with Crippen molar-refractivity contribution < 1.29 is 18.0 Å². The molecule has 1 amide bonds. The van der Waals surface area contributed by atoms with Gasteiger partial charge in [0.2, 0.25) is 0 Å². The van der Waals surface area contributed by atoms with Gasteiger partial charge in [-0.15, -0.1) is 11.3 Å². The van der Waals surface area contributed by atoms with E-state index in [1.807, 2.05) is 0 Å². The first-order chi connectivity index (χ1) is 14.7. The summed E-state index contributed by atoms with van der Waals surface area (Å²) >= 11 is 7.94.